The van der Waals surface area contributed by atoms with Crippen molar-refractivity contribution in [3.63, 3.8) is 0 Å². The molecule has 0 aromatic rings. The average molecular weight is 168 g/mol. The van der Waals surface area contributed by atoms with E-state index in [2.05, 4.69) is 0 Å². The largest absolute Gasteiger partial charge is 0.388 e. The third-order valence-electron chi connectivity index (χ3n) is 2.40. The number of Topliss-reactive ketones (excluding diaryl/α,β-unsaturated/α-hetero) is 1. The minimum absolute atomic E-state index is 0.130. The second kappa shape index (κ2) is 4.41. The summed E-state index contributed by atoms with van der Waals surface area (Å²) in [6.07, 6.45) is 6.52. The number of ketones is 1. The summed E-state index contributed by atoms with van der Waals surface area (Å²) in [5.41, 5.74) is 0. The third kappa shape index (κ3) is 2.18. The first-order valence-electron chi connectivity index (χ1n) is 4.59. The minimum atomic E-state index is -0.553. The van der Waals surface area contributed by atoms with Crippen LogP contribution in [0.1, 0.15) is 32.6 Å². The Kier molecular flexibility index (Phi) is 3.48. The lowest BCUT2D eigenvalue weighted by molar-refractivity contribution is -0.127. The lowest BCUT2D eigenvalue weighted by Crippen LogP contribution is -2.29. The van der Waals surface area contributed by atoms with Crippen molar-refractivity contribution in [3.05, 3.63) is 12.2 Å². The number of carbonyl (C=O) groups is 1. The van der Waals surface area contributed by atoms with E-state index in [9.17, 15) is 9.90 Å². The van der Waals surface area contributed by atoms with Gasteiger partial charge < -0.3 is 5.11 Å². The molecule has 0 amide bonds. The zero-order valence-corrected chi connectivity index (χ0v) is 7.49. The van der Waals surface area contributed by atoms with Crippen molar-refractivity contribution in [1.82, 2.24) is 0 Å². The molecule has 1 saturated carbocycles. The van der Waals surface area contributed by atoms with E-state index in [-0.39, 0.29) is 11.7 Å². The van der Waals surface area contributed by atoms with Gasteiger partial charge in [0.25, 0.3) is 0 Å². The maximum absolute atomic E-state index is 11.3. The molecule has 0 spiro atoms. The van der Waals surface area contributed by atoms with E-state index in [1.165, 1.54) is 0 Å². The molecule has 1 N–H and O–H groups in total. The van der Waals surface area contributed by atoms with E-state index in [4.69, 9.17) is 0 Å². The highest BCUT2D eigenvalue weighted by molar-refractivity contribution is 5.82. The second-order valence-corrected chi connectivity index (χ2v) is 3.33. The molecule has 0 aromatic heterocycles. The predicted octanol–water partition coefficient (Wildman–Crippen LogP) is 1.68. The van der Waals surface area contributed by atoms with Crippen molar-refractivity contribution in [2.24, 2.45) is 5.92 Å². The summed E-state index contributed by atoms with van der Waals surface area (Å²) in [5.74, 6) is 0.0989. The van der Waals surface area contributed by atoms with Gasteiger partial charge in [-0.05, 0) is 19.8 Å². The van der Waals surface area contributed by atoms with Crippen LogP contribution in [0.15, 0.2) is 12.2 Å². The number of aliphatic hydroxyl groups is 1. The van der Waals surface area contributed by atoms with Crippen LogP contribution in [-0.4, -0.2) is 17.0 Å². The number of hydrogen-bond acceptors (Lipinski definition) is 2. The van der Waals surface area contributed by atoms with Gasteiger partial charge in [0, 0.05) is 12.3 Å². The van der Waals surface area contributed by atoms with Crippen LogP contribution in [0.5, 0.6) is 0 Å². The highest BCUT2D eigenvalue weighted by atomic mass is 16.3. The lowest BCUT2D eigenvalue weighted by atomic mass is 9.84. The molecular formula is C10H16O2. The van der Waals surface area contributed by atoms with Crippen molar-refractivity contribution in [2.75, 3.05) is 0 Å². The number of allylic oxidation sites excluding steroid dienone is 1. The Morgan fingerprint density at radius 1 is 1.58 bits per heavy atom. The van der Waals surface area contributed by atoms with Crippen LogP contribution in [0.4, 0.5) is 0 Å². The fourth-order valence-electron chi connectivity index (χ4n) is 1.70. The molecule has 2 nitrogen and oxygen atoms in total. The van der Waals surface area contributed by atoms with Crippen molar-refractivity contribution in [1.29, 1.82) is 0 Å². The van der Waals surface area contributed by atoms with Gasteiger partial charge in [0.2, 0.25) is 0 Å². The van der Waals surface area contributed by atoms with E-state index in [0.717, 1.165) is 19.3 Å². The molecule has 2 heteroatoms. The molecule has 0 aliphatic heterocycles. The van der Waals surface area contributed by atoms with Gasteiger partial charge in [0.1, 0.15) is 5.78 Å². The monoisotopic (exact) mass is 168 g/mol. The van der Waals surface area contributed by atoms with Gasteiger partial charge in [-0.2, -0.15) is 0 Å². The summed E-state index contributed by atoms with van der Waals surface area (Å²) in [6, 6.07) is 0. The summed E-state index contributed by atoms with van der Waals surface area (Å²) in [7, 11) is 0. The van der Waals surface area contributed by atoms with Gasteiger partial charge in [-0.15, -0.1) is 0 Å². The van der Waals surface area contributed by atoms with Crippen LogP contribution in [0.25, 0.3) is 0 Å². The van der Waals surface area contributed by atoms with Crippen molar-refractivity contribution in [3.8, 4) is 0 Å². The maximum atomic E-state index is 11.3. The molecule has 0 aromatic carbocycles. The van der Waals surface area contributed by atoms with Crippen LogP contribution in [0, 0.1) is 5.92 Å². The number of carbonyl (C=O) groups excluding carboxylic acids is 1. The first-order chi connectivity index (χ1) is 5.75. The van der Waals surface area contributed by atoms with E-state index in [1.54, 1.807) is 12.2 Å². The van der Waals surface area contributed by atoms with Gasteiger partial charge in [-0.25, -0.2) is 0 Å². The number of aliphatic hydroxyl groups excluding tert-OH is 1. The van der Waals surface area contributed by atoms with Crippen molar-refractivity contribution in [2.45, 2.75) is 38.7 Å². The summed E-state index contributed by atoms with van der Waals surface area (Å²) in [6.45, 7) is 1.86. The smallest absolute Gasteiger partial charge is 0.138 e. The molecule has 12 heavy (non-hydrogen) atoms. The summed E-state index contributed by atoms with van der Waals surface area (Å²) >= 11 is 0. The van der Waals surface area contributed by atoms with E-state index >= 15 is 0 Å². The first kappa shape index (κ1) is 9.46. The molecule has 0 bridgehead atoms. The van der Waals surface area contributed by atoms with Crippen LogP contribution in [0.3, 0.4) is 0 Å². The average Bonchev–Trinajstić information content (AvgIpc) is 2.05. The molecule has 1 fully saturated rings. The van der Waals surface area contributed by atoms with Gasteiger partial charge in [-0.3, -0.25) is 4.79 Å². The Hall–Kier alpha value is -0.630. The zero-order chi connectivity index (χ0) is 8.97. The van der Waals surface area contributed by atoms with Crippen molar-refractivity contribution < 1.29 is 9.90 Å². The molecule has 68 valence electrons. The lowest BCUT2D eigenvalue weighted by Gasteiger charge is -2.23. The van der Waals surface area contributed by atoms with E-state index < -0.39 is 6.10 Å². The summed E-state index contributed by atoms with van der Waals surface area (Å²) in [4.78, 5) is 11.3. The first-order valence-corrected chi connectivity index (χ1v) is 4.59. The van der Waals surface area contributed by atoms with Crippen molar-refractivity contribution >= 4 is 5.78 Å². The molecule has 2 atom stereocenters. The summed E-state index contributed by atoms with van der Waals surface area (Å²) < 4.78 is 0. The SMILES string of the molecule is C/C=C/C(O)C1CCCCC1=O. The zero-order valence-electron chi connectivity index (χ0n) is 7.49. The molecule has 0 heterocycles. The fourth-order valence-corrected chi connectivity index (χ4v) is 1.70. The van der Waals surface area contributed by atoms with Gasteiger partial charge in [0.15, 0.2) is 0 Å². The van der Waals surface area contributed by atoms with E-state index in [0.29, 0.717) is 6.42 Å². The molecule has 1 aliphatic rings. The minimum Gasteiger partial charge on any atom is -0.388 e. The number of hydrogen-bond donors (Lipinski definition) is 1. The highest BCUT2D eigenvalue weighted by Crippen LogP contribution is 2.23. The second-order valence-electron chi connectivity index (χ2n) is 3.33. The third-order valence-corrected chi connectivity index (χ3v) is 2.40. The Labute approximate surface area is 73.3 Å². The van der Waals surface area contributed by atoms with Gasteiger partial charge >= 0.3 is 0 Å². The topological polar surface area (TPSA) is 37.3 Å². The quantitative estimate of drug-likeness (QED) is 0.637. The van der Waals surface area contributed by atoms with E-state index in [1.807, 2.05) is 6.92 Å². The highest BCUT2D eigenvalue weighted by Gasteiger charge is 2.26. The predicted molar refractivity (Wildman–Crippen MR) is 47.8 cm³/mol. The molecule has 0 saturated heterocycles. The summed E-state index contributed by atoms with van der Waals surface area (Å²) in [5, 5.41) is 9.54. The maximum Gasteiger partial charge on any atom is 0.138 e. The van der Waals surface area contributed by atoms with Gasteiger partial charge in [0.05, 0.1) is 6.10 Å². The molecular weight excluding hydrogens is 152 g/mol. The van der Waals surface area contributed by atoms with Crippen LogP contribution >= 0.6 is 0 Å². The molecule has 1 rings (SSSR count). The van der Waals surface area contributed by atoms with Gasteiger partial charge in [-0.1, -0.05) is 18.6 Å². The Balaban J connectivity index is 2.53. The van der Waals surface area contributed by atoms with Crippen LogP contribution in [-0.2, 0) is 4.79 Å². The Bertz CT molecular complexity index is 184. The molecule has 0 radical (unpaired) electrons. The number of rotatable bonds is 2. The standard InChI is InChI=1S/C10H16O2/c1-2-5-9(11)8-6-3-4-7-10(8)12/h2,5,8-9,11H,3-4,6-7H2,1H3/b5-2+. The van der Waals surface area contributed by atoms with Crippen LogP contribution < -0.4 is 0 Å². The molecule has 2 unspecified atom stereocenters. The molecule has 1 aliphatic carbocycles. The Morgan fingerprint density at radius 2 is 2.33 bits per heavy atom. The normalized spacial score (nSPS) is 27.8. The fraction of sp³-hybridized carbons (Fsp3) is 0.700. The van der Waals surface area contributed by atoms with Crippen LogP contribution in [0.2, 0.25) is 0 Å². The Morgan fingerprint density at radius 3 is 2.92 bits per heavy atom.